The Morgan fingerprint density at radius 2 is 1.83 bits per heavy atom. The summed E-state index contributed by atoms with van der Waals surface area (Å²) in [4.78, 5) is 21.5. The number of rotatable bonds is 5. The van der Waals surface area contributed by atoms with Gasteiger partial charge in [0.15, 0.2) is 0 Å². The molecule has 1 aliphatic heterocycles. The van der Waals surface area contributed by atoms with Crippen LogP contribution in [0.15, 0.2) is 54.7 Å². The van der Waals surface area contributed by atoms with Crippen LogP contribution in [0.25, 0.3) is 10.8 Å². The van der Waals surface area contributed by atoms with Crippen LogP contribution in [0.5, 0.6) is 0 Å². The monoisotopic (exact) mass is 406 g/mol. The minimum absolute atomic E-state index is 0.0644. The number of fused-ring (bicyclic) bond motifs is 1. The normalized spacial score (nSPS) is 15.3. The third-order valence-electron chi connectivity index (χ3n) is 5.77. The van der Waals surface area contributed by atoms with Gasteiger partial charge in [-0.3, -0.25) is 4.79 Å². The van der Waals surface area contributed by atoms with Crippen molar-refractivity contribution < 1.29 is 9.18 Å². The van der Waals surface area contributed by atoms with Gasteiger partial charge in [0.2, 0.25) is 0 Å². The highest BCUT2D eigenvalue weighted by Crippen LogP contribution is 2.28. The van der Waals surface area contributed by atoms with Gasteiger partial charge in [-0.05, 0) is 49.1 Å². The van der Waals surface area contributed by atoms with E-state index in [1.807, 2.05) is 50.2 Å². The van der Waals surface area contributed by atoms with Gasteiger partial charge in [-0.2, -0.15) is 0 Å². The number of pyridine rings is 1. The second-order valence-corrected chi connectivity index (χ2v) is 7.78. The minimum Gasteiger partial charge on any atom is -0.366 e. The van der Waals surface area contributed by atoms with Crippen LogP contribution in [0.1, 0.15) is 30.6 Å². The molecule has 0 bridgehead atoms. The van der Waals surface area contributed by atoms with Gasteiger partial charge in [-0.15, -0.1) is 0 Å². The first-order valence-corrected chi connectivity index (χ1v) is 10.5. The van der Waals surface area contributed by atoms with Crippen molar-refractivity contribution in [1.82, 2.24) is 10.3 Å². The zero-order chi connectivity index (χ0) is 21.1. The predicted octanol–water partition coefficient (Wildman–Crippen LogP) is 4.23. The zero-order valence-corrected chi connectivity index (χ0v) is 17.4. The van der Waals surface area contributed by atoms with Crippen LogP contribution in [-0.2, 0) is 0 Å². The van der Waals surface area contributed by atoms with Gasteiger partial charge in [0.25, 0.3) is 5.91 Å². The molecule has 3 aromatic rings. The first kappa shape index (κ1) is 20.1. The number of carbonyl (C=O) groups excluding carboxylic acids is 1. The molecule has 5 nitrogen and oxygen atoms in total. The summed E-state index contributed by atoms with van der Waals surface area (Å²) in [5, 5.41) is 5.04. The molecule has 4 rings (SSSR count). The third kappa shape index (κ3) is 4.08. The Bertz CT molecular complexity index is 1050. The maximum Gasteiger partial charge on any atom is 0.251 e. The van der Waals surface area contributed by atoms with Crippen LogP contribution in [0.2, 0.25) is 0 Å². The van der Waals surface area contributed by atoms with Crippen LogP contribution in [-0.4, -0.2) is 43.1 Å². The summed E-state index contributed by atoms with van der Waals surface area (Å²) in [5.41, 5.74) is 1.29. The second kappa shape index (κ2) is 8.69. The molecular weight excluding hydrogens is 379 g/mol. The van der Waals surface area contributed by atoms with Crippen molar-refractivity contribution in [3.05, 3.63) is 66.1 Å². The van der Waals surface area contributed by atoms with Crippen molar-refractivity contribution in [2.24, 2.45) is 0 Å². The van der Waals surface area contributed by atoms with E-state index in [4.69, 9.17) is 0 Å². The van der Waals surface area contributed by atoms with Gasteiger partial charge in [0.1, 0.15) is 11.6 Å². The van der Waals surface area contributed by atoms with E-state index in [2.05, 4.69) is 20.1 Å². The van der Waals surface area contributed by atoms with Gasteiger partial charge in [0, 0.05) is 49.4 Å². The number of para-hydroxylation sites is 1. The number of hydrogen-bond acceptors (Lipinski definition) is 4. The molecule has 0 aliphatic carbocycles. The van der Waals surface area contributed by atoms with Gasteiger partial charge >= 0.3 is 0 Å². The number of halogens is 1. The molecule has 2 aromatic carbocycles. The molecular formula is C24H27FN4O. The van der Waals surface area contributed by atoms with E-state index in [0.717, 1.165) is 36.1 Å². The number of nitrogens with zero attached hydrogens (tertiary/aromatic N) is 3. The summed E-state index contributed by atoms with van der Waals surface area (Å²) in [5.74, 6) is 0.621. The smallest absolute Gasteiger partial charge is 0.251 e. The molecule has 0 radical (unpaired) electrons. The van der Waals surface area contributed by atoms with Crippen molar-refractivity contribution in [2.75, 3.05) is 36.0 Å². The van der Waals surface area contributed by atoms with Gasteiger partial charge < -0.3 is 15.1 Å². The Balaban J connectivity index is 1.56. The van der Waals surface area contributed by atoms with E-state index in [0.29, 0.717) is 24.3 Å². The highest BCUT2D eigenvalue weighted by molar-refractivity contribution is 6.01. The van der Waals surface area contributed by atoms with E-state index < -0.39 is 0 Å². The lowest BCUT2D eigenvalue weighted by molar-refractivity contribution is 0.0939. The average molecular weight is 407 g/mol. The largest absolute Gasteiger partial charge is 0.366 e. The van der Waals surface area contributed by atoms with E-state index in [1.165, 1.54) is 6.07 Å². The Kier molecular flexibility index (Phi) is 5.84. The first-order valence-electron chi connectivity index (χ1n) is 10.5. The molecule has 156 valence electrons. The number of piperazine rings is 1. The fourth-order valence-electron chi connectivity index (χ4n) is 3.82. The Morgan fingerprint density at radius 1 is 1.10 bits per heavy atom. The molecule has 1 aliphatic rings. The molecule has 2 heterocycles. The summed E-state index contributed by atoms with van der Waals surface area (Å²) in [7, 11) is 0. The summed E-state index contributed by atoms with van der Waals surface area (Å²) >= 11 is 0. The summed E-state index contributed by atoms with van der Waals surface area (Å²) < 4.78 is 14.1. The maximum atomic E-state index is 14.1. The number of benzene rings is 2. The van der Waals surface area contributed by atoms with Crippen molar-refractivity contribution in [3.63, 3.8) is 0 Å². The van der Waals surface area contributed by atoms with Crippen LogP contribution in [0.4, 0.5) is 15.9 Å². The maximum absolute atomic E-state index is 14.1. The fraction of sp³-hybridized carbons (Fsp3) is 0.333. The molecule has 0 saturated carbocycles. The van der Waals surface area contributed by atoms with E-state index in [9.17, 15) is 9.18 Å². The molecule has 1 aromatic heterocycles. The van der Waals surface area contributed by atoms with Crippen molar-refractivity contribution in [3.8, 4) is 0 Å². The number of anilines is 2. The average Bonchev–Trinajstić information content (AvgIpc) is 2.78. The predicted molar refractivity (Wildman–Crippen MR) is 120 cm³/mol. The molecule has 1 saturated heterocycles. The lowest BCUT2D eigenvalue weighted by atomic mass is 10.1. The lowest BCUT2D eigenvalue weighted by Gasteiger charge is -2.37. The van der Waals surface area contributed by atoms with Gasteiger partial charge in [-0.25, -0.2) is 9.37 Å². The lowest BCUT2D eigenvalue weighted by Crippen LogP contribution is -2.47. The number of aromatic nitrogens is 1. The molecule has 6 heteroatoms. The Morgan fingerprint density at radius 3 is 2.57 bits per heavy atom. The SMILES string of the molecule is CC[C@@H](C)NC(=O)c1ccc2ccnc(N3CCN(c4ccccc4F)CC3)c2c1. The first-order chi connectivity index (χ1) is 14.6. The Labute approximate surface area is 176 Å². The molecule has 1 amide bonds. The fourth-order valence-corrected chi connectivity index (χ4v) is 3.82. The quantitative estimate of drug-likeness (QED) is 0.689. The molecule has 30 heavy (non-hydrogen) atoms. The van der Waals surface area contributed by atoms with Crippen LogP contribution < -0.4 is 15.1 Å². The standard InChI is InChI=1S/C24H27FN4O/c1-3-17(2)27-24(30)19-9-8-18-10-11-26-23(20(18)16-19)29-14-12-28(13-15-29)22-7-5-4-6-21(22)25/h4-11,16-17H,3,12-15H2,1-2H3,(H,27,30)/t17-/m1/s1. The highest BCUT2D eigenvalue weighted by Gasteiger charge is 2.22. The van der Waals surface area contributed by atoms with Gasteiger partial charge in [-0.1, -0.05) is 25.1 Å². The zero-order valence-electron chi connectivity index (χ0n) is 17.4. The van der Waals surface area contributed by atoms with Crippen LogP contribution in [0.3, 0.4) is 0 Å². The van der Waals surface area contributed by atoms with Crippen LogP contribution >= 0.6 is 0 Å². The number of amides is 1. The molecule has 1 N–H and O–H groups in total. The summed E-state index contributed by atoms with van der Waals surface area (Å²) in [6.07, 6.45) is 2.69. The van der Waals surface area contributed by atoms with E-state index in [-0.39, 0.29) is 17.8 Å². The highest BCUT2D eigenvalue weighted by atomic mass is 19.1. The minimum atomic E-state index is -0.189. The topological polar surface area (TPSA) is 48.5 Å². The van der Waals surface area contributed by atoms with Crippen molar-refractivity contribution in [1.29, 1.82) is 0 Å². The second-order valence-electron chi connectivity index (χ2n) is 7.78. The van der Waals surface area contributed by atoms with E-state index >= 15 is 0 Å². The third-order valence-corrected chi connectivity index (χ3v) is 5.77. The summed E-state index contributed by atoms with van der Waals surface area (Å²) in [6, 6.07) is 14.8. The Hall–Kier alpha value is -3.15. The van der Waals surface area contributed by atoms with E-state index in [1.54, 1.807) is 12.3 Å². The molecule has 0 unspecified atom stereocenters. The molecule has 1 atom stereocenters. The number of nitrogens with one attached hydrogen (secondary N) is 1. The molecule has 1 fully saturated rings. The molecule has 0 spiro atoms. The number of hydrogen-bond donors (Lipinski definition) is 1. The van der Waals surface area contributed by atoms with Crippen LogP contribution in [0, 0.1) is 5.82 Å². The van der Waals surface area contributed by atoms with Gasteiger partial charge in [0.05, 0.1) is 5.69 Å². The van der Waals surface area contributed by atoms with Crippen molar-refractivity contribution in [2.45, 2.75) is 26.3 Å². The summed E-state index contributed by atoms with van der Waals surface area (Å²) in [6.45, 7) is 6.96. The number of carbonyl (C=O) groups is 1. The van der Waals surface area contributed by atoms with Crippen molar-refractivity contribution >= 4 is 28.2 Å².